The first-order valence-electron chi connectivity index (χ1n) is 5.56. The van der Waals surface area contributed by atoms with E-state index in [4.69, 9.17) is 0 Å². The number of hydrogen-bond acceptors (Lipinski definition) is 4. The lowest BCUT2D eigenvalue weighted by atomic mass is 10.1. The topological polar surface area (TPSA) is 75.5 Å². The van der Waals surface area contributed by atoms with E-state index >= 15 is 0 Å². The van der Waals surface area contributed by atoms with E-state index in [-0.39, 0.29) is 11.6 Å². The van der Waals surface area contributed by atoms with Crippen molar-refractivity contribution in [3.8, 4) is 0 Å². The third-order valence-electron chi connectivity index (χ3n) is 2.79. The van der Waals surface area contributed by atoms with Crippen LogP contribution in [0.4, 0.5) is 11.4 Å². The van der Waals surface area contributed by atoms with Gasteiger partial charge in [-0.2, -0.15) is 0 Å². The van der Waals surface area contributed by atoms with E-state index in [9.17, 15) is 14.9 Å². The first kappa shape index (κ1) is 12.1. The molecule has 1 aliphatic heterocycles. The average molecular weight is 247 g/mol. The Bertz CT molecular complexity index is 513. The van der Waals surface area contributed by atoms with E-state index in [0.717, 1.165) is 0 Å². The van der Waals surface area contributed by atoms with Crippen LogP contribution in [0.3, 0.4) is 0 Å². The van der Waals surface area contributed by atoms with Crippen molar-refractivity contribution in [2.24, 2.45) is 0 Å². The Hall–Kier alpha value is -2.37. The third kappa shape index (κ3) is 2.04. The summed E-state index contributed by atoms with van der Waals surface area (Å²) in [6, 6.07) is 4.53. The molecular weight excluding hydrogens is 234 g/mol. The SMILES string of the molecule is C=CCN1CCNC(=O)c2cccc([N+](=O)[O-])c21. The molecule has 0 spiro atoms. The summed E-state index contributed by atoms with van der Waals surface area (Å²) >= 11 is 0. The van der Waals surface area contributed by atoms with Crippen molar-refractivity contribution >= 4 is 17.3 Å². The molecule has 0 atom stereocenters. The Morgan fingerprint density at radius 2 is 2.33 bits per heavy atom. The Morgan fingerprint density at radius 1 is 1.56 bits per heavy atom. The number of anilines is 1. The summed E-state index contributed by atoms with van der Waals surface area (Å²) in [5.41, 5.74) is 0.660. The molecule has 0 unspecified atom stereocenters. The Labute approximate surface area is 104 Å². The summed E-state index contributed by atoms with van der Waals surface area (Å²) in [4.78, 5) is 24.2. The number of nitro benzene ring substituents is 1. The second-order valence-electron chi connectivity index (χ2n) is 3.92. The highest BCUT2D eigenvalue weighted by Crippen LogP contribution is 2.32. The van der Waals surface area contributed by atoms with Crippen LogP contribution in [0.1, 0.15) is 10.4 Å². The maximum absolute atomic E-state index is 11.8. The molecule has 1 aliphatic rings. The number of nitro groups is 1. The van der Waals surface area contributed by atoms with Crippen LogP contribution >= 0.6 is 0 Å². The molecular formula is C12H13N3O3. The zero-order chi connectivity index (χ0) is 13.1. The highest BCUT2D eigenvalue weighted by Gasteiger charge is 2.27. The maximum atomic E-state index is 11.8. The van der Waals surface area contributed by atoms with Crippen LogP contribution in [0.2, 0.25) is 0 Å². The predicted octanol–water partition coefficient (Wildman–Crippen LogP) is 1.33. The molecule has 1 aromatic carbocycles. The highest BCUT2D eigenvalue weighted by atomic mass is 16.6. The van der Waals surface area contributed by atoms with Gasteiger partial charge in [0.1, 0.15) is 5.69 Å². The number of carbonyl (C=O) groups excluding carboxylic acids is 1. The van der Waals surface area contributed by atoms with Gasteiger partial charge in [-0.3, -0.25) is 14.9 Å². The monoisotopic (exact) mass is 247 g/mol. The minimum Gasteiger partial charge on any atom is -0.360 e. The van der Waals surface area contributed by atoms with Gasteiger partial charge in [-0.1, -0.05) is 12.1 Å². The smallest absolute Gasteiger partial charge is 0.293 e. The van der Waals surface area contributed by atoms with Gasteiger partial charge in [-0.05, 0) is 6.07 Å². The lowest BCUT2D eigenvalue weighted by Crippen LogP contribution is -2.30. The largest absolute Gasteiger partial charge is 0.360 e. The van der Waals surface area contributed by atoms with Crippen molar-refractivity contribution in [3.63, 3.8) is 0 Å². The van der Waals surface area contributed by atoms with Crippen LogP contribution in [-0.2, 0) is 0 Å². The summed E-state index contributed by atoms with van der Waals surface area (Å²) in [5, 5.41) is 13.8. The number of carbonyl (C=O) groups is 1. The van der Waals surface area contributed by atoms with Crippen LogP contribution in [0.15, 0.2) is 30.9 Å². The molecule has 0 bridgehead atoms. The number of benzene rings is 1. The average Bonchev–Trinajstić information content (AvgIpc) is 2.50. The van der Waals surface area contributed by atoms with E-state index < -0.39 is 4.92 Å². The third-order valence-corrected chi connectivity index (χ3v) is 2.79. The molecule has 1 N–H and O–H groups in total. The number of para-hydroxylation sites is 1. The number of rotatable bonds is 3. The zero-order valence-electron chi connectivity index (χ0n) is 9.76. The fraction of sp³-hybridized carbons (Fsp3) is 0.250. The van der Waals surface area contributed by atoms with E-state index in [1.54, 1.807) is 17.0 Å². The van der Waals surface area contributed by atoms with Crippen LogP contribution < -0.4 is 10.2 Å². The van der Waals surface area contributed by atoms with Crippen molar-refractivity contribution in [3.05, 3.63) is 46.5 Å². The second-order valence-corrected chi connectivity index (χ2v) is 3.92. The number of nitrogens with zero attached hydrogens (tertiary/aromatic N) is 2. The van der Waals surface area contributed by atoms with Gasteiger partial charge in [0.05, 0.1) is 10.5 Å². The Balaban J connectivity index is 2.62. The summed E-state index contributed by atoms with van der Waals surface area (Å²) in [5.74, 6) is -0.278. The molecule has 0 saturated heterocycles. The Kier molecular flexibility index (Phi) is 3.27. The standard InChI is InChI=1S/C12H13N3O3/c1-2-7-14-8-6-13-12(16)9-4-3-5-10(11(9)14)15(17)18/h2-5H,1,6-8H2,(H,13,16). The van der Waals surface area contributed by atoms with E-state index in [0.29, 0.717) is 30.9 Å². The minimum atomic E-state index is -0.465. The van der Waals surface area contributed by atoms with E-state index in [1.807, 2.05) is 0 Å². The van der Waals surface area contributed by atoms with Crippen molar-refractivity contribution in [1.82, 2.24) is 5.32 Å². The molecule has 6 nitrogen and oxygen atoms in total. The minimum absolute atomic E-state index is 0.0496. The molecule has 2 rings (SSSR count). The quantitative estimate of drug-likeness (QED) is 0.496. The normalized spacial score (nSPS) is 14.4. The number of fused-ring (bicyclic) bond motifs is 1. The lowest BCUT2D eigenvalue weighted by Gasteiger charge is -2.21. The molecule has 1 amide bonds. The van der Waals surface area contributed by atoms with Gasteiger partial charge < -0.3 is 10.2 Å². The predicted molar refractivity (Wildman–Crippen MR) is 67.8 cm³/mol. The number of amides is 1. The van der Waals surface area contributed by atoms with Crippen molar-refractivity contribution in [2.75, 3.05) is 24.5 Å². The zero-order valence-corrected chi connectivity index (χ0v) is 9.76. The van der Waals surface area contributed by atoms with Gasteiger partial charge in [0.2, 0.25) is 0 Å². The summed E-state index contributed by atoms with van der Waals surface area (Å²) in [6.07, 6.45) is 1.66. The van der Waals surface area contributed by atoms with Crippen LogP contribution in [0.25, 0.3) is 0 Å². The van der Waals surface area contributed by atoms with Crippen molar-refractivity contribution in [1.29, 1.82) is 0 Å². The van der Waals surface area contributed by atoms with Crippen molar-refractivity contribution in [2.45, 2.75) is 0 Å². The van der Waals surface area contributed by atoms with Gasteiger partial charge >= 0.3 is 0 Å². The first-order chi connectivity index (χ1) is 8.65. The second kappa shape index (κ2) is 4.87. The van der Waals surface area contributed by atoms with Crippen LogP contribution in [0, 0.1) is 10.1 Å². The molecule has 0 aliphatic carbocycles. The van der Waals surface area contributed by atoms with Gasteiger partial charge in [0, 0.05) is 25.7 Å². The molecule has 0 radical (unpaired) electrons. The lowest BCUT2D eigenvalue weighted by molar-refractivity contribution is -0.384. The molecule has 6 heteroatoms. The van der Waals surface area contributed by atoms with Crippen molar-refractivity contribution < 1.29 is 9.72 Å². The molecule has 0 fully saturated rings. The maximum Gasteiger partial charge on any atom is 0.293 e. The Morgan fingerprint density at radius 3 is 3.00 bits per heavy atom. The summed E-state index contributed by atoms with van der Waals surface area (Å²) in [7, 11) is 0. The van der Waals surface area contributed by atoms with Crippen LogP contribution in [0.5, 0.6) is 0 Å². The molecule has 18 heavy (non-hydrogen) atoms. The van der Waals surface area contributed by atoms with Gasteiger partial charge in [-0.25, -0.2) is 0 Å². The molecule has 0 aromatic heterocycles. The van der Waals surface area contributed by atoms with Gasteiger partial charge in [-0.15, -0.1) is 6.58 Å². The first-order valence-corrected chi connectivity index (χ1v) is 5.56. The van der Waals surface area contributed by atoms with E-state index in [2.05, 4.69) is 11.9 Å². The number of hydrogen-bond donors (Lipinski definition) is 1. The molecule has 1 aromatic rings. The van der Waals surface area contributed by atoms with Gasteiger partial charge in [0.15, 0.2) is 0 Å². The summed E-state index contributed by atoms with van der Waals surface area (Å²) < 4.78 is 0. The molecule has 94 valence electrons. The van der Waals surface area contributed by atoms with E-state index in [1.165, 1.54) is 12.1 Å². The highest BCUT2D eigenvalue weighted by molar-refractivity contribution is 6.02. The fourth-order valence-electron chi connectivity index (χ4n) is 2.04. The summed E-state index contributed by atoms with van der Waals surface area (Å²) in [6.45, 7) is 5.08. The fourth-order valence-corrected chi connectivity index (χ4v) is 2.04. The molecule has 1 heterocycles. The number of nitrogens with one attached hydrogen (secondary N) is 1. The van der Waals surface area contributed by atoms with Gasteiger partial charge in [0.25, 0.3) is 11.6 Å². The van der Waals surface area contributed by atoms with Crippen LogP contribution in [-0.4, -0.2) is 30.5 Å². The molecule has 0 saturated carbocycles.